The molecule has 0 N–H and O–H groups in total. The Labute approximate surface area is 110 Å². The Morgan fingerprint density at radius 1 is 1.53 bits per heavy atom. The second-order valence-electron chi connectivity index (χ2n) is 3.15. The van der Waals surface area contributed by atoms with E-state index >= 15 is 0 Å². The lowest BCUT2D eigenvalue weighted by Gasteiger charge is -2.05. The van der Waals surface area contributed by atoms with Crippen LogP contribution < -0.4 is 4.74 Å². The van der Waals surface area contributed by atoms with Crippen LogP contribution in [0.3, 0.4) is 0 Å². The van der Waals surface area contributed by atoms with Gasteiger partial charge < -0.3 is 4.74 Å². The van der Waals surface area contributed by atoms with E-state index in [-0.39, 0.29) is 0 Å². The van der Waals surface area contributed by atoms with Crippen LogP contribution >= 0.6 is 38.5 Å². The highest BCUT2D eigenvalue weighted by atomic mass is 127. The lowest BCUT2D eigenvalue weighted by atomic mass is 10.2. The van der Waals surface area contributed by atoms with Crippen LogP contribution in [0.5, 0.6) is 5.75 Å². The largest absolute Gasteiger partial charge is 0.493 e. The molecule has 0 fully saturated rings. The molecule has 1 aromatic carbocycles. The zero-order chi connectivity index (χ0) is 11.0. The Morgan fingerprint density at radius 2 is 2.27 bits per heavy atom. The molecule has 0 saturated heterocycles. The molecule has 0 aliphatic rings. The lowest BCUT2D eigenvalue weighted by Crippen LogP contribution is -1.94. The lowest BCUT2D eigenvalue weighted by molar-refractivity contribution is 0.344. The Balaban J connectivity index is 2.75. The smallest absolute Gasteiger partial charge is 0.132 e. The van der Waals surface area contributed by atoms with Crippen LogP contribution in [0.25, 0.3) is 10.9 Å². The number of aromatic nitrogens is 2. The van der Waals surface area contributed by atoms with Crippen LogP contribution in [0.2, 0.25) is 0 Å². The van der Waals surface area contributed by atoms with Crippen LogP contribution in [0.4, 0.5) is 0 Å². The average Bonchev–Trinajstić information content (AvgIpc) is 2.42. The normalized spacial score (nSPS) is 10.9. The van der Waals surface area contributed by atoms with Gasteiger partial charge >= 0.3 is 0 Å². The van der Waals surface area contributed by atoms with Crippen molar-refractivity contribution in [1.82, 2.24) is 9.78 Å². The molecule has 3 nitrogen and oxygen atoms in total. The summed E-state index contributed by atoms with van der Waals surface area (Å²) in [4.78, 5) is 0. The highest BCUT2D eigenvalue weighted by Gasteiger charge is 2.12. The van der Waals surface area contributed by atoms with E-state index in [9.17, 15) is 0 Å². The third-order valence-electron chi connectivity index (χ3n) is 2.09. The van der Waals surface area contributed by atoms with Crippen LogP contribution in [0.15, 0.2) is 16.6 Å². The minimum Gasteiger partial charge on any atom is -0.493 e. The third kappa shape index (κ3) is 1.99. The Morgan fingerprint density at radius 3 is 2.93 bits per heavy atom. The molecule has 5 heteroatoms. The highest BCUT2D eigenvalue weighted by molar-refractivity contribution is 14.1. The molecule has 0 atom stereocenters. The third-order valence-corrected chi connectivity index (χ3v) is 3.79. The molecular formula is C10H10BrIN2O. The van der Waals surface area contributed by atoms with Gasteiger partial charge in [0, 0.05) is 11.5 Å². The minimum absolute atomic E-state index is 0.663. The zero-order valence-electron chi connectivity index (χ0n) is 8.42. The predicted octanol–water partition coefficient (Wildman–Crippen LogP) is 3.34. The summed E-state index contributed by atoms with van der Waals surface area (Å²) in [7, 11) is 1.94. The number of hydrogen-bond donors (Lipinski definition) is 0. The SMILES string of the molecule is CCOc1cc(Br)cc2nn(C)c(I)c12. The van der Waals surface area contributed by atoms with E-state index < -0.39 is 0 Å². The quantitative estimate of drug-likeness (QED) is 0.747. The minimum atomic E-state index is 0.663. The first kappa shape index (κ1) is 11.2. The molecule has 1 aromatic heterocycles. The molecule has 0 saturated carbocycles. The number of benzene rings is 1. The number of fused-ring (bicyclic) bond motifs is 1. The van der Waals surface area contributed by atoms with Crippen molar-refractivity contribution in [3.05, 3.63) is 20.3 Å². The number of ether oxygens (including phenoxy) is 1. The standard InChI is InChI=1S/C10H10BrIN2O/c1-3-15-8-5-6(11)4-7-9(8)10(12)14(2)13-7/h4-5H,3H2,1-2H3. The molecule has 80 valence electrons. The van der Waals surface area contributed by atoms with E-state index in [1.54, 1.807) is 0 Å². The van der Waals surface area contributed by atoms with Crippen LogP contribution in [0.1, 0.15) is 6.92 Å². The zero-order valence-corrected chi connectivity index (χ0v) is 12.2. The van der Waals surface area contributed by atoms with Gasteiger partial charge in [0.1, 0.15) is 9.45 Å². The van der Waals surface area contributed by atoms with Crippen molar-refractivity contribution in [1.29, 1.82) is 0 Å². The van der Waals surface area contributed by atoms with Crippen LogP contribution in [0, 0.1) is 3.70 Å². The Kier molecular flexibility index (Phi) is 3.20. The van der Waals surface area contributed by atoms with Crippen molar-refractivity contribution in [2.45, 2.75) is 6.92 Å². The first-order chi connectivity index (χ1) is 7.13. The maximum absolute atomic E-state index is 5.61. The summed E-state index contributed by atoms with van der Waals surface area (Å²) < 4.78 is 9.56. The van der Waals surface area contributed by atoms with E-state index in [4.69, 9.17) is 4.74 Å². The summed E-state index contributed by atoms with van der Waals surface area (Å²) in [6, 6.07) is 3.98. The summed E-state index contributed by atoms with van der Waals surface area (Å²) in [5, 5.41) is 5.50. The van der Waals surface area contributed by atoms with Crippen molar-refractivity contribution in [3.63, 3.8) is 0 Å². The molecule has 1 heterocycles. The number of rotatable bonds is 2. The van der Waals surface area contributed by atoms with Gasteiger partial charge in [-0.05, 0) is 41.6 Å². The van der Waals surface area contributed by atoms with Crippen LogP contribution in [-0.2, 0) is 7.05 Å². The van der Waals surface area contributed by atoms with Gasteiger partial charge in [-0.1, -0.05) is 15.9 Å². The van der Waals surface area contributed by atoms with Gasteiger partial charge in [-0.15, -0.1) is 0 Å². The van der Waals surface area contributed by atoms with E-state index in [0.717, 1.165) is 24.8 Å². The number of hydrogen-bond acceptors (Lipinski definition) is 2. The summed E-state index contributed by atoms with van der Waals surface area (Å²) in [5.74, 6) is 0.888. The Bertz CT molecular complexity index is 510. The monoisotopic (exact) mass is 380 g/mol. The maximum Gasteiger partial charge on any atom is 0.132 e. The topological polar surface area (TPSA) is 27.1 Å². The summed E-state index contributed by atoms with van der Waals surface area (Å²) >= 11 is 5.74. The molecule has 2 rings (SSSR count). The molecular weight excluding hydrogens is 371 g/mol. The average molecular weight is 381 g/mol. The molecule has 0 amide bonds. The van der Waals surface area contributed by atoms with Crippen molar-refractivity contribution < 1.29 is 4.74 Å². The summed E-state index contributed by atoms with van der Waals surface area (Å²) in [6.07, 6.45) is 0. The van der Waals surface area contributed by atoms with Gasteiger partial charge in [0.2, 0.25) is 0 Å². The second kappa shape index (κ2) is 4.29. The van der Waals surface area contributed by atoms with Gasteiger partial charge in [0.15, 0.2) is 0 Å². The summed E-state index contributed by atoms with van der Waals surface area (Å²) in [6.45, 7) is 2.65. The first-order valence-corrected chi connectivity index (χ1v) is 6.45. The fraction of sp³-hybridized carbons (Fsp3) is 0.300. The van der Waals surface area contributed by atoms with Crippen molar-refractivity contribution in [3.8, 4) is 5.75 Å². The Hall–Kier alpha value is -0.300. The number of halogens is 2. The highest BCUT2D eigenvalue weighted by Crippen LogP contribution is 2.32. The van der Waals surface area contributed by atoms with Gasteiger partial charge in [0.05, 0.1) is 17.5 Å². The van der Waals surface area contributed by atoms with Gasteiger partial charge in [-0.3, -0.25) is 4.68 Å². The molecule has 0 bridgehead atoms. The van der Waals surface area contributed by atoms with Crippen LogP contribution in [-0.4, -0.2) is 16.4 Å². The molecule has 0 radical (unpaired) electrons. The molecule has 0 aliphatic heterocycles. The molecule has 0 aliphatic carbocycles. The van der Waals surface area contributed by atoms with Gasteiger partial charge in [-0.2, -0.15) is 5.10 Å². The fourth-order valence-corrected chi connectivity index (χ4v) is 2.57. The summed E-state index contributed by atoms with van der Waals surface area (Å²) in [5.41, 5.74) is 0.958. The second-order valence-corrected chi connectivity index (χ2v) is 5.08. The molecule has 15 heavy (non-hydrogen) atoms. The molecule has 2 aromatic rings. The van der Waals surface area contributed by atoms with Crippen molar-refractivity contribution in [2.75, 3.05) is 6.61 Å². The van der Waals surface area contributed by atoms with E-state index in [1.807, 2.05) is 30.8 Å². The first-order valence-electron chi connectivity index (χ1n) is 4.58. The van der Waals surface area contributed by atoms with Gasteiger partial charge in [0.25, 0.3) is 0 Å². The molecule has 0 unspecified atom stereocenters. The fourth-order valence-electron chi connectivity index (χ4n) is 1.49. The molecule has 0 spiro atoms. The van der Waals surface area contributed by atoms with E-state index in [2.05, 4.69) is 43.6 Å². The van der Waals surface area contributed by atoms with Gasteiger partial charge in [-0.25, -0.2) is 0 Å². The van der Waals surface area contributed by atoms with Crippen molar-refractivity contribution in [2.24, 2.45) is 7.05 Å². The van der Waals surface area contributed by atoms with Crippen molar-refractivity contribution >= 4 is 49.4 Å². The maximum atomic E-state index is 5.61. The number of nitrogens with zero attached hydrogens (tertiary/aromatic N) is 2. The number of aryl methyl sites for hydroxylation is 1. The van der Waals surface area contributed by atoms with E-state index in [0.29, 0.717) is 6.61 Å². The van der Waals surface area contributed by atoms with E-state index in [1.165, 1.54) is 0 Å². The predicted molar refractivity (Wildman–Crippen MR) is 72.3 cm³/mol.